The molecule has 0 aliphatic carbocycles. The van der Waals surface area contributed by atoms with Crippen LogP contribution >= 0.6 is 0 Å². The molecule has 2 aromatic rings. The topological polar surface area (TPSA) is 93.7 Å². The van der Waals surface area contributed by atoms with Crippen molar-refractivity contribution in [2.24, 2.45) is 0 Å². The maximum absolute atomic E-state index is 12.0. The van der Waals surface area contributed by atoms with Crippen LogP contribution in [0.1, 0.15) is 23.7 Å². The Labute approximate surface area is 157 Å². The summed E-state index contributed by atoms with van der Waals surface area (Å²) in [6.45, 7) is 1.57. The van der Waals surface area contributed by atoms with E-state index in [1.165, 1.54) is 7.11 Å². The first-order valence-corrected chi connectivity index (χ1v) is 8.46. The zero-order valence-electron chi connectivity index (χ0n) is 15.3. The molecule has 0 heterocycles. The summed E-state index contributed by atoms with van der Waals surface area (Å²) in [7, 11) is 1.44. The number of Topliss-reactive ketones (excluding diaryl/α,β-unsaturated/α-hetero) is 1. The highest BCUT2D eigenvalue weighted by molar-refractivity contribution is 5.96. The second-order valence-corrected chi connectivity index (χ2v) is 5.70. The third-order valence-electron chi connectivity index (χ3n) is 3.57. The Balaban J connectivity index is 1.86. The number of anilines is 2. The molecule has 0 saturated heterocycles. The predicted molar refractivity (Wildman–Crippen MR) is 102 cm³/mol. The molecule has 27 heavy (non-hydrogen) atoms. The number of carbonyl (C=O) groups excluding carboxylic acids is 3. The first-order valence-electron chi connectivity index (χ1n) is 8.46. The molecule has 142 valence electrons. The van der Waals surface area contributed by atoms with Crippen LogP contribution in [0.25, 0.3) is 0 Å². The van der Waals surface area contributed by atoms with Crippen molar-refractivity contribution in [3.8, 4) is 5.75 Å². The maximum atomic E-state index is 12.0. The average molecular weight is 370 g/mol. The zero-order valence-corrected chi connectivity index (χ0v) is 15.3. The van der Waals surface area contributed by atoms with Crippen molar-refractivity contribution in [1.82, 2.24) is 0 Å². The highest BCUT2D eigenvalue weighted by Gasteiger charge is 2.07. The predicted octanol–water partition coefficient (Wildman–Crippen LogP) is 2.88. The molecule has 2 rings (SSSR count). The van der Waals surface area contributed by atoms with Crippen LogP contribution in [0, 0.1) is 0 Å². The third kappa shape index (κ3) is 6.56. The largest absolute Gasteiger partial charge is 0.484 e. The van der Waals surface area contributed by atoms with Gasteiger partial charge in [0, 0.05) is 30.5 Å². The summed E-state index contributed by atoms with van der Waals surface area (Å²) in [5.41, 5.74) is 1.69. The minimum Gasteiger partial charge on any atom is -0.484 e. The Hall–Kier alpha value is -3.19. The van der Waals surface area contributed by atoms with Gasteiger partial charge in [0.2, 0.25) is 5.91 Å². The monoisotopic (exact) mass is 370 g/mol. The second-order valence-electron chi connectivity index (χ2n) is 5.70. The van der Waals surface area contributed by atoms with E-state index in [2.05, 4.69) is 10.6 Å². The quantitative estimate of drug-likeness (QED) is 0.662. The molecule has 0 saturated carbocycles. The first-order chi connectivity index (χ1) is 13.0. The molecule has 0 radical (unpaired) electrons. The van der Waals surface area contributed by atoms with Crippen LogP contribution in [0.2, 0.25) is 0 Å². The lowest BCUT2D eigenvalue weighted by atomic mass is 10.1. The molecule has 0 bridgehead atoms. The molecule has 2 N–H and O–H groups in total. The summed E-state index contributed by atoms with van der Waals surface area (Å²) in [5.74, 6) is -0.0754. The number of ether oxygens (including phenoxy) is 2. The van der Waals surface area contributed by atoms with Crippen LogP contribution in [0.3, 0.4) is 0 Å². The van der Waals surface area contributed by atoms with Crippen molar-refractivity contribution in [3.05, 3.63) is 54.1 Å². The Morgan fingerprint density at radius 1 is 0.889 bits per heavy atom. The molecule has 7 nitrogen and oxygen atoms in total. The number of benzene rings is 2. The van der Waals surface area contributed by atoms with Crippen LogP contribution in [-0.2, 0) is 14.3 Å². The standard InChI is InChI=1S/C20H22N2O5/c1-3-18(23)14-7-9-17(10-8-14)27-13-20(25)22-16-6-4-5-15(11-16)21-19(24)12-26-2/h4-11H,3,12-13H2,1-2H3,(H,21,24)(H,22,25). The van der Waals surface area contributed by atoms with Crippen LogP contribution < -0.4 is 15.4 Å². The maximum Gasteiger partial charge on any atom is 0.262 e. The van der Waals surface area contributed by atoms with Crippen LogP contribution in [-0.4, -0.2) is 37.9 Å². The number of nitrogens with one attached hydrogen (secondary N) is 2. The van der Waals surface area contributed by atoms with E-state index in [-0.39, 0.29) is 30.8 Å². The van der Waals surface area contributed by atoms with Gasteiger partial charge in [0.15, 0.2) is 12.4 Å². The van der Waals surface area contributed by atoms with Crippen LogP contribution in [0.5, 0.6) is 5.75 Å². The van der Waals surface area contributed by atoms with Gasteiger partial charge in [-0.3, -0.25) is 14.4 Å². The number of rotatable bonds is 9. The summed E-state index contributed by atoms with van der Waals surface area (Å²) in [6.07, 6.45) is 0.438. The molecular formula is C20H22N2O5. The van der Waals surface area contributed by atoms with Gasteiger partial charge in [0.1, 0.15) is 12.4 Å². The summed E-state index contributed by atoms with van der Waals surface area (Å²) >= 11 is 0. The molecule has 0 aromatic heterocycles. The van der Waals surface area contributed by atoms with Crippen molar-refractivity contribution >= 4 is 29.0 Å². The highest BCUT2D eigenvalue weighted by Crippen LogP contribution is 2.16. The van der Waals surface area contributed by atoms with Gasteiger partial charge < -0.3 is 20.1 Å². The van der Waals surface area contributed by atoms with Gasteiger partial charge in [-0.2, -0.15) is 0 Å². The average Bonchev–Trinajstić information content (AvgIpc) is 2.66. The lowest BCUT2D eigenvalue weighted by Crippen LogP contribution is -2.20. The smallest absolute Gasteiger partial charge is 0.262 e. The van der Waals surface area contributed by atoms with E-state index in [0.717, 1.165) is 0 Å². The van der Waals surface area contributed by atoms with Gasteiger partial charge in [0.05, 0.1) is 0 Å². The lowest BCUT2D eigenvalue weighted by Gasteiger charge is -2.10. The van der Waals surface area contributed by atoms with E-state index < -0.39 is 0 Å². The van der Waals surface area contributed by atoms with Gasteiger partial charge in [-0.15, -0.1) is 0 Å². The van der Waals surface area contributed by atoms with E-state index in [1.54, 1.807) is 55.5 Å². The Kier molecular flexibility index (Phi) is 7.51. The van der Waals surface area contributed by atoms with E-state index in [4.69, 9.17) is 9.47 Å². The summed E-state index contributed by atoms with van der Waals surface area (Å²) < 4.78 is 10.2. The van der Waals surface area contributed by atoms with Crippen molar-refractivity contribution in [2.45, 2.75) is 13.3 Å². The number of carbonyl (C=O) groups is 3. The van der Waals surface area contributed by atoms with E-state index in [1.807, 2.05) is 0 Å². The molecule has 2 aromatic carbocycles. The van der Waals surface area contributed by atoms with Crippen molar-refractivity contribution in [1.29, 1.82) is 0 Å². The lowest BCUT2D eigenvalue weighted by molar-refractivity contribution is -0.119. The first kappa shape index (κ1) is 20.1. The van der Waals surface area contributed by atoms with Crippen LogP contribution in [0.15, 0.2) is 48.5 Å². The Morgan fingerprint density at radius 3 is 2.04 bits per heavy atom. The van der Waals surface area contributed by atoms with Crippen molar-refractivity contribution < 1.29 is 23.9 Å². The van der Waals surface area contributed by atoms with Gasteiger partial charge in [0.25, 0.3) is 5.91 Å². The SMILES string of the molecule is CCC(=O)c1ccc(OCC(=O)Nc2cccc(NC(=O)COC)c2)cc1. The van der Waals surface area contributed by atoms with Gasteiger partial charge in [-0.1, -0.05) is 13.0 Å². The molecular weight excluding hydrogens is 348 g/mol. The van der Waals surface area contributed by atoms with Crippen molar-refractivity contribution in [2.75, 3.05) is 31.0 Å². The number of methoxy groups -OCH3 is 1. The van der Waals surface area contributed by atoms with Gasteiger partial charge >= 0.3 is 0 Å². The molecule has 0 unspecified atom stereocenters. The van der Waals surface area contributed by atoms with E-state index in [9.17, 15) is 14.4 Å². The van der Waals surface area contributed by atoms with E-state index >= 15 is 0 Å². The highest BCUT2D eigenvalue weighted by atomic mass is 16.5. The molecule has 0 atom stereocenters. The summed E-state index contributed by atoms with van der Waals surface area (Å²) in [5, 5.41) is 5.36. The molecule has 7 heteroatoms. The summed E-state index contributed by atoms with van der Waals surface area (Å²) in [4.78, 5) is 35.2. The second kappa shape index (κ2) is 10.1. The number of hydrogen-bond donors (Lipinski definition) is 2. The fourth-order valence-electron chi connectivity index (χ4n) is 2.29. The third-order valence-corrected chi connectivity index (χ3v) is 3.57. The normalized spacial score (nSPS) is 10.1. The summed E-state index contributed by atoms with van der Waals surface area (Å²) in [6, 6.07) is 13.4. The molecule has 0 spiro atoms. The fraction of sp³-hybridized carbons (Fsp3) is 0.250. The number of ketones is 1. The minimum absolute atomic E-state index is 0.0485. The van der Waals surface area contributed by atoms with Crippen molar-refractivity contribution in [3.63, 3.8) is 0 Å². The van der Waals surface area contributed by atoms with Gasteiger partial charge in [-0.25, -0.2) is 0 Å². The molecule has 2 amide bonds. The molecule has 0 aliphatic rings. The van der Waals surface area contributed by atoms with E-state index in [0.29, 0.717) is 29.1 Å². The number of amides is 2. The fourth-order valence-corrected chi connectivity index (χ4v) is 2.29. The Morgan fingerprint density at radius 2 is 1.48 bits per heavy atom. The van der Waals surface area contributed by atoms with Gasteiger partial charge in [-0.05, 0) is 42.5 Å². The Bertz CT molecular complexity index is 802. The zero-order chi connectivity index (χ0) is 19.6. The van der Waals surface area contributed by atoms with Crippen LogP contribution in [0.4, 0.5) is 11.4 Å². The number of hydrogen-bond acceptors (Lipinski definition) is 5. The molecule has 0 aliphatic heterocycles. The minimum atomic E-state index is -0.343. The molecule has 0 fully saturated rings.